The second-order valence-electron chi connectivity index (χ2n) is 12.0. The van der Waals surface area contributed by atoms with E-state index in [9.17, 15) is 24.6 Å². The van der Waals surface area contributed by atoms with Gasteiger partial charge in [-0.2, -0.15) is 0 Å². The Bertz CT molecular complexity index is 1330. The first-order valence-electron chi connectivity index (χ1n) is 15.2. The normalized spacial score (nSPS) is 31.6. The van der Waals surface area contributed by atoms with Gasteiger partial charge in [0.15, 0.2) is 0 Å². The van der Waals surface area contributed by atoms with Crippen molar-refractivity contribution in [2.75, 3.05) is 46.4 Å². The van der Waals surface area contributed by atoms with Gasteiger partial charge in [-0.05, 0) is 36.2 Å². The van der Waals surface area contributed by atoms with Crippen molar-refractivity contribution in [2.24, 2.45) is 0 Å². The predicted octanol–water partition coefficient (Wildman–Crippen LogP) is 0.0170. The molecule has 12 nitrogen and oxygen atoms in total. The minimum absolute atomic E-state index is 0.0275. The van der Waals surface area contributed by atoms with Gasteiger partial charge in [0, 0.05) is 50.9 Å². The van der Waals surface area contributed by atoms with Gasteiger partial charge in [-0.15, -0.1) is 0 Å². The van der Waals surface area contributed by atoms with E-state index in [1.165, 1.54) is 4.90 Å². The van der Waals surface area contributed by atoms with E-state index in [-0.39, 0.29) is 49.8 Å². The monoisotopic (exact) mass is 608 g/mol. The molecule has 7 atom stereocenters. The molecule has 6 bridgehead atoms. The summed E-state index contributed by atoms with van der Waals surface area (Å²) < 4.78 is 17.3. The molecule has 4 saturated heterocycles. The molecule has 2 aromatic carbocycles. The van der Waals surface area contributed by atoms with Crippen molar-refractivity contribution >= 4 is 17.7 Å². The van der Waals surface area contributed by atoms with Crippen molar-refractivity contribution in [3.8, 4) is 5.75 Å². The highest BCUT2D eigenvalue weighted by Crippen LogP contribution is 2.28. The number of rotatable bonds is 4. The molecule has 0 radical (unpaired) electrons. The van der Waals surface area contributed by atoms with E-state index >= 15 is 0 Å². The van der Waals surface area contributed by atoms with Crippen LogP contribution in [0.2, 0.25) is 0 Å². The van der Waals surface area contributed by atoms with E-state index in [0.29, 0.717) is 44.0 Å². The summed E-state index contributed by atoms with van der Waals surface area (Å²) in [6, 6.07) is 15.9. The summed E-state index contributed by atoms with van der Waals surface area (Å²) in [6.45, 7) is 2.18. The Labute approximate surface area is 256 Å². The molecule has 0 saturated carbocycles. The van der Waals surface area contributed by atoms with Gasteiger partial charge in [0.05, 0.1) is 38.4 Å². The molecule has 0 unspecified atom stereocenters. The van der Waals surface area contributed by atoms with E-state index in [2.05, 4.69) is 10.2 Å². The summed E-state index contributed by atoms with van der Waals surface area (Å²) in [4.78, 5) is 46.4. The van der Waals surface area contributed by atoms with Crippen molar-refractivity contribution in [1.82, 2.24) is 20.0 Å². The van der Waals surface area contributed by atoms with Crippen LogP contribution in [0.4, 0.5) is 0 Å². The summed E-state index contributed by atoms with van der Waals surface area (Å²) >= 11 is 0. The zero-order valence-electron chi connectivity index (χ0n) is 24.8. The lowest BCUT2D eigenvalue weighted by Gasteiger charge is -2.38. The highest BCUT2D eigenvalue weighted by molar-refractivity contribution is 5.94. The smallest absolute Gasteiger partial charge is 0.254 e. The number of hydrogen-bond donors (Lipinski definition) is 3. The number of amides is 3. The molecule has 0 spiro atoms. The summed E-state index contributed by atoms with van der Waals surface area (Å²) in [6.07, 6.45) is -4.64. The highest BCUT2D eigenvalue weighted by Gasteiger charge is 2.46. The number of benzene rings is 2. The Hall–Kier alpha value is -3.55. The summed E-state index contributed by atoms with van der Waals surface area (Å²) in [5.41, 5.74) is 1.47. The highest BCUT2D eigenvalue weighted by atomic mass is 16.5. The molecule has 3 amide bonds. The molecule has 236 valence electrons. The number of hydrogen-bond acceptors (Lipinski definition) is 9. The average Bonchev–Trinajstić information content (AvgIpc) is 3.55. The van der Waals surface area contributed by atoms with Gasteiger partial charge in [0.25, 0.3) is 5.91 Å². The Balaban J connectivity index is 1.28. The lowest BCUT2D eigenvalue weighted by atomic mass is 10.0. The number of fused-ring (bicyclic) bond motifs is 6. The zero-order valence-corrected chi connectivity index (χ0v) is 24.8. The number of carbonyl (C=O) groups is 3. The lowest BCUT2D eigenvalue weighted by Crippen LogP contribution is -2.55. The van der Waals surface area contributed by atoms with Crippen molar-refractivity contribution in [2.45, 2.75) is 62.0 Å². The summed E-state index contributed by atoms with van der Waals surface area (Å²) in [5, 5.41) is 24.8. The molecule has 44 heavy (non-hydrogen) atoms. The third kappa shape index (κ3) is 6.59. The molecule has 2 aromatic rings. The summed E-state index contributed by atoms with van der Waals surface area (Å²) in [5.74, 6) is -0.0711. The van der Waals surface area contributed by atoms with Gasteiger partial charge in [-0.1, -0.05) is 30.3 Å². The first-order chi connectivity index (χ1) is 21.3. The van der Waals surface area contributed by atoms with Crippen LogP contribution in [-0.2, 0) is 25.6 Å². The molecule has 4 aliphatic rings. The van der Waals surface area contributed by atoms with Crippen LogP contribution in [-0.4, -0.2) is 132 Å². The number of nitrogens with one attached hydrogen (secondary N) is 1. The van der Waals surface area contributed by atoms with Crippen LogP contribution in [0.3, 0.4) is 0 Å². The van der Waals surface area contributed by atoms with E-state index in [1.54, 1.807) is 36.3 Å². The van der Waals surface area contributed by atoms with Crippen molar-refractivity contribution in [1.29, 1.82) is 0 Å². The summed E-state index contributed by atoms with van der Waals surface area (Å²) in [7, 11) is 1.54. The fourth-order valence-electron chi connectivity index (χ4n) is 6.73. The van der Waals surface area contributed by atoms with Crippen LogP contribution in [0.5, 0.6) is 5.75 Å². The molecule has 12 heteroatoms. The van der Waals surface area contributed by atoms with Crippen LogP contribution in [0, 0.1) is 0 Å². The number of aliphatic hydroxyl groups is 2. The van der Waals surface area contributed by atoms with Crippen LogP contribution >= 0.6 is 0 Å². The number of carbonyl (C=O) groups excluding carboxylic acids is 3. The van der Waals surface area contributed by atoms with Gasteiger partial charge < -0.3 is 39.5 Å². The van der Waals surface area contributed by atoms with Gasteiger partial charge in [-0.3, -0.25) is 19.3 Å². The maximum Gasteiger partial charge on any atom is 0.254 e. The number of methoxy groups -OCH3 is 1. The minimum Gasteiger partial charge on any atom is -0.497 e. The molecule has 0 aromatic heterocycles. The number of likely N-dealkylation sites (tertiary alicyclic amines) is 1. The van der Waals surface area contributed by atoms with Gasteiger partial charge in [0.2, 0.25) is 11.8 Å². The fourth-order valence-corrected chi connectivity index (χ4v) is 6.73. The number of nitrogens with zero attached hydrogens (tertiary/aromatic N) is 3. The second kappa shape index (κ2) is 13.2. The quantitative estimate of drug-likeness (QED) is 0.438. The molecule has 3 N–H and O–H groups in total. The van der Waals surface area contributed by atoms with Crippen LogP contribution in [0.25, 0.3) is 0 Å². The maximum absolute atomic E-state index is 14.0. The standard InChI is InChI=1S/C32H40N4O8/c1-42-23-9-7-21(8-10-23)31(40)36-18-24-17-34(11-12-43-24)32(41)25-13-22(16-35(25)15-20-5-3-2-4-6-20)33-28(37)14-26-29(38)30(39)27(19-36)44-26/h2-10,22,24-27,29-30,38-39H,11-19H2,1H3,(H,33,37)/t22-,24-,25-,26-,27+,29-,30+/m0/s1. The first-order valence-corrected chi connectivity index (χ1v) is 15.2. The zero-order chi connectivity index (χ0) is 30.8. The molecular formula is C32H40N4O8. The first kappa shape index (κ1) is 30.5. The van der Waals surface area contributed by atoms with E-state index in [1.807, 2.05) is 30.3 Å². The average molecular weight is 609 g/mol. The van der Waals surface area contributed by atoms with Crippen LogP contribution in [0.1, 0.15) is 28.8 Å². The fraction of sp³-hybridized carbons (Fsp3) is 0.531. The van der Waals surface area contributed by atoms with Gasteiger partial charge in [-0.25, -0.2) is 0 Å². The molecule has 0 aliphatic carbocycles. The molecule has 6 rings (SSSR count). The minimum atomic E-state index is -1.30. The third-order valence-corrected chi connectivity index (χ3v) is 9.03. The van der Waals surface area contributed by atoms with Gasteiger partial charge in [0.1, 0.15) is 24.1 Å². The maximum atomic E-state index is 14.0. The van der Waals surface area contributed by atoms with Crippen LogP contribution < -0.4 is 10.1 Å². The molecule has 4 heterocycles. The largest absolute Gasteiger partial charge is 0.497 e. The van der Waals surface area contributed by atoms with E-state index in [0.717, 1.165) is 5.56 Å². The van der Waals surface area contributed by atoms with E-state index < -0.39 is 36.6 Å². The number of ether oxygens (including phenoxy) is 3. The Morgan fingerprint density at radius 3 is 2.48 bits per heavy atom. The van der Waals surface area contributed by atoms with Crippen molar-refractivity contribution in [3.63, 3.8) is 0 Å². The number of morpholine rings is 1. The Kier molecular flexibility index (Phi) is 9.15. The predicted molar refractivity (Wildman–Crippen MR) is 158 cm³/mol. The Morgan fingerprint density at radius 1 is 0.977 bits per heavy atom. The lowest BCUT2D eigenvalue weighted by molar-refractivity contribution is -0.144. The molecule has 4 aliphatic heterocycles. The van der Waals surface area contributed by atoms with Crippen molar-refractivity contribution < 1.29 is 38.8 Å². The molecular weight excluding hydrogens is 568 g/mol. The molecule has 4 fully saturated rings. The number of aliphatic hydroxyl groups excluding tert-OH is 2. The van der Waals surface area contributed by atoms with E-state index in [4.69, 9.17) is 14.2 Å². The van der Waals surface area contributed by atoms with Crippen LogP contribution in [0.15, 0.2) is 54.6 Å². The second-order valence-corrected chi connectivity index (χ2v) is 12.0. The SMILES string of the molecule is COc1ccc(C(=O)N2C[C@@H]3CN(CCO3)C(=O)[C@@H]3C[C@@H](CN3Cc3ccccc3)NC(=O)C[C@@H]3O[C@H](C2)[C@@H](O)[C@H]3O)cc1. The third-order valence-electron chi connectivity index (χ3n) is 9.03. The Morgan fingerprint density at radius 2 is 1.73 bits per heavy atom. The van der Waals surface area contributed by atoms with Crippen molar-refractivity contribution in [3.05, 3.63) is 65.7 Å². The van der Waals surface area contributed by atoms with Gasteiger partial charge >= 0.3 is 0 Å². The topological polar surface area (TPSA) is 141 Å².